The van der Waals surface area contributed by atoms with Gasteiger partial charge >= 0.3 is 5.69 Å². The summed E-state index contributed by atoms with van der Waals surface area (Å²) in [5.74, 6) is 0.176. The van der Waals surface area contributed by atoms with Gasteiger partial charge in [0.25, 0.3) is 5.56 Å². The molecule has 0 amide bonds. The van der Waals surface area contributed by atoms with E-state index in [1.54, 1.807) is 13.2 Å². The van der Waals surface area contributed by atoms with E-state index in [9.17, 15) is 14.7 Å². The predicted octanol–water partition coefficient (Wildman–Crippen LogP) is 3.28. The fraction of sp³-hybridized carbons (Fsp3) is 0.250. The number of hydrogen-bond acceptors (Lipinski definition) is 3. The van der Waals surface area contributed by atoms with Crippen LogP contribution in [0.3, 0.4) is 0 Å². The third-order valence-corrected chi connectivity index (χ3v) is 6.18. The molecule has 0 atom stereocenters. The van der Waals surface area contributed by atoms with Crippen LogP contribution in [0, 0.1) is 0 Å². The minimum Gasteiger partial charge on any atom is -0.506 e. The number of rotatable bonds is 2. The molecule has 1 aliphatic rings. The predicted molar refractivity (Wildman–Crippen MR) is 117 cm³/mol. The van der Waals surface area contributed by atoms with Crippen molar-refractivity contribution in [1.82, 2.24) is 13.7 Å². The van der Waals surface area contributed by atoms with Gasteiger partial charge in [-0.15, -0.1) is 0 Å². The van der Waals surface area contributed by atoms with E-state index in [1.165, 1.54) is 22.7 Å². The van der Waals surface area contributed by atoms with Gasteiger partial charge < -0.3 is 9.67 Å². The number of hydrogen-bond donors (Lipinski definition) is 1. The second-order valence-corrected chi connectivity index (χ2v) is 8.00. The lowest BCUT2D eigenvalue weighted by Crippen LogP contribution is -2.36. The van der Waals surface area contributed by atoms with Crippen LogP contribution < -0.4 is 11.2 Å². The first-order valence-electron chi connectivity index (χ1n) is 10.2. The molecule has 2 aromatic carbocycles. The van der Waals surface area contributed by atoms with Crippen molar-refractivity contribution in [2.24, 2.45) is 14.1 Å². The summed E-state index contributed by atoms with van der Waals surface area (Å²) in [6.45, 7) is 0. The minimum atomic E-state index is -0.376. The molecule has 0 saturated heterocycles. The Labute approximate surface area is 173 Å². The lowest BCUT2D eigenvalue weighted by Gasteiger charge is -2.19. The van der Waals surface area contributed by atoms with Crippen molar-refractivity contribution in [3.8, 4) is 22.7 Å². The lowest BCUT2D eigenvalue weighted by atomic mass is 9.91. The third-order valence-electron chi connectivity index (χ3n) is 6.18. The first-order chi connectivity index (χ1) is 14.5. The highest BCUT2D eigenvalue weighted by Gasteiger charge is 2.22. The molecule has 0 radical (unpaired) electrons. The number of aromatic hydroxyl groups is 1. The molecular formula is C24H23N3O3. The zero-order valence-corrected chi connectivity index (χ0v) is 17.1. The average molecular weight is 401 g/mol. The monoisotopic (exact) mass is 401 g/mol. The molecule has 0 bridgehead atoms. The number of aromatic nitrogens is 3. The van der Waals surface area contributed by atoms with Gasteiger partial charge in [0.05, 0.1) is 22.3 Å². The Morgan fingerprint density at radius 3 is 2.27 bits per heavy atom. The van der Waals surface area contributed by atoms with Gasteiger partial charge in [0.1, 0.15) is 5.75 Å². The van der Waals surface area contributed by atoms with E-state index in [1.807, 2.05) is 47.0 Å². The normalized spacial score (nSPS) is 13.5. The molecule has 1 N–H and O–H groups in total. The molecule has 5 rings (SSSR count). The second-order valence-electron chi connectivity index (χ2n) is 8.00. The van der Waals surface area contributed by atoms with Crippen molar-refractivity contribution < 1.29 is 5.11 Å². The Morgan fingerprint density at radius 2 is 1.57 bits per heavy atom. The van der Waals surface area contributed by atoms with Crippen LogP contribution in [0.2, 0.25) is 0 Å². The highest BCUT2D eigenvalue weighted by atomic mass is 16.3. The Morgan fingerprint density at radius 1 is 0.900 bits per heavy atom. The first-order valence-corrected chi connectivity index (χ1v) is 10.2. The van der Waals surface area contributed by atoms with Crippen LogP contribution >= 0.6 is 0 Å². The maximum atomic E-state index is 13.1. The maximum absolute atomic E-state index is 13.1. The third kappa shape index (κ3) is 2.64. The quantitative estimate of drug-likeness (QED) is 0.560. The fourth-order valence-electron chi connectivity index (χ4n) is 4.56. The van der Waals surface area contributed by atoms with Gasteiger partial charge in [0.2, 0.25) is 0 Å². The Hall–Kier alpha value is -3.54. The topological polar surface area (TPSA) is 69.2 Å². The van der Waals surface area contributed by atoms with Gasteiger partial charge in [0.15, 0.2) is 0 Å². The number of phenolic OH excluding ortho intramolecular Hbond substituents is 1. The minimum absolute atomic E-state index is 0.176. The highest BCUT2D eigenvalue weighted by Crippen LogP contribution is 2.36. The Balaban J connectivity index is 1.92. The van der Waals surface area contributed by atoms with Gasteiger partial charge in [0, 0.05) is 20.3 Å². The van der Waals surface area contributed by atoms with E-state index in [2.05, 4.69) is 0 Å². The Kier molecular flexibility index (Phi) is 4.17. The zero-order valence-electron chi connectivity index (χ0n) is 17.1. The van der Waals surface area contributed by atoms with Crippen LogP contribution in [0.1, 0.15) is 24.0 Å². The molecule has 0 fully saturated rings. The highest BCUT2D eigenvalue weighted by molar-refractivity contribution is 5.95. The molecule has 4 aromatic rings. The van der Waals surface area contributed by atoms with Crippen LogP contribution in [0.5, 0.6) is 5.75 Å². The molecule has 0 saturated carbocycles. The van der Waals surface area contributed by atoms with Crippen LogP contribution in [-0.4, -0.2) is 18.8 Å². The summed E-state index contributed by atoms with van der Waals surface area (Å²) in [4.78, 5) is 25.7. The number of phenols is 1. The molecule has 0 aliphatic heterocycles. The summed E-state index contributed by atoms with van der Waals surface area (Å²) in [6, 6.07) is 13.5. The molecule has 6 heteroatoms. The average Bonchev–Trinajstić information content (AvgIpc) is 3.17. The molecule has 0 unspecified atom stereocenters. The van der Waals surface area contributed by atoms with Crippen molar-refractivity contribution in [2.75, 3.05) is 0 Å². The first kappa shape index (κ1) is 18.5. The number of fused-ring (bicyclic) bond motifs is 2. The van der Waals surface area contributed by atoms with Crippen LogP contribution in [-0.2, 0) is 26.9 Å². The van der Waals surface area contributed by atoms with Gasteiger partial charge in [-0.05, 0) is 54.5 Å². The van der Waals surface area contributed by atoms with Gasteiger partial charge in [-0.1, -0.05) is 30.3 Å². The summed E-state index contributed by atoms with van der Waals surface area (Å²) in [5.41, 5.74) is 4.38. The van der Waals surface area contributed by atoms with Crippen LogP contribution in [0.15, 0.2) is 58.3 Å². The molecule has 1 aliphatic carbocycles. The van der Waals surface area contributed by atoms with Gasteiger partial charge in [-0.3, -0.25) is 13.9 Å². The van der Waals surface area contributed by atoms with Crippen molar-refractivity contribution in [3.63, 3.8) is 0 Å². The smallest absolute Gasteiger partial charge is 0.330 e. The van der Waals surface area contributed by atoms with Crippen LogP contribution in [0.25, 0.3) is 27.8 Å². The summed E-state index contributed by atoms with van der Waals surface area (Å²) in [5, 5.41) is 11.4. The van der Waals surface area contributed by atoms with Gasteiger partial charge in [-0.2, -0.15) is 0 Å². The standard InChI is InChI=1S/C24H23N3O3/c1-25-19-14-27(18-12-16-10-6-7-11-17(16)13-20(18)28)22(15-8-4-3-5-9-15)21(19)23(29)26(2)24(25)30/h3-5,8-9,12-14,28H,6-7,10-11H2,1-2H3. The number of aryl methyl sites for hydroxylation is 3. The zero-order chi connectivity index (χ0) is 21.0. The van der Waals surface area contributed by atoms with E-state index in [-0.39, 0.29) is 17.0 Å². The largest absolute Gasteiger partial charge is 0.506 e. The fourth-order valence-corrected chi connectivity index (χ4v) is 4.56. The maximum Gasteiger partial charge on any atom is 0.330 e. The van der Waals surface area contributed by atoms with E-state index >= 15 is 0 Å². The van der Waals surface area contributed by atoms with Crippen molar-refractivity contribution in [1.29, 1.82) is 0 Å². The SMILES string of the molecule is Cn1c(=O)c2c(-c3ccccc3)n(-c3cc4c(cc3O)CCCC4)cc2n(C)c1=O. The molecule has 2 heterocycles. The second kappa shape index (κ2) is 6.76. The molecule has 0 spiro atoms. The van der Waals surface area contributed by atoms with E-state index < -0.39 is 0 Å². The summed E-state index contributed by atoms with van der Waals surface area (Å²) < 4.78 is 4.46. The molecule has 30 heavy (non-hydrogen) atoms. The summed E-state index contributed by atoms with van der Waals surface area (Å²) in [6.07, 6.45) is 5.99. The van der Waals surface area contributed by atoms with E-state index in [0.29, 0.717) is 22.3 Å². The molecular weight excluding hydrogens is 378 g/mol. The lowest BCUT2D eigenvalue weighted by molar-refractivity contribution is 0.470. The van der Waals surface area contributed by atoms with Crippen molar-refractivity contribution in [2.45, 2.75) is 25.7 Å². The van der Waals surface area contributed by atoms with E-state index in [0.717, 1.165) is 35.8 Å². The molecule has 6 nitrogen and oxygen atoms in total. The summed E-state index contributed by atoms with van der Waals surface area (Å²) in [7, 11) is 3.16. The summed E-state index contributed by atoms with van der Waals surface area (Å²) >= 11 is 0. The van der Waals surface area contributed by atoms with Crippen LogP contribution in [0.4, 0.5) is 0 Å². The van der Waals surface area contributed by atoms with Crippen molar-refractivity contribution in [3.05, 3.63) is 80.6 Å². The number of benzene rings is 2. The van der Waals surface area contributed by atoms with E-state index in [4.69, 9.17) is 0 Å². The van der Waals surface area contributed by atoms with Crippen molar-refractivity contribution >= 4 is 10.9 Å². The molecule has 2 aromatic heterocycles. The molecule has 152 valence electrons. The Bertz CT molecular complexity index is 1410. The van der Waals surface area contributed by atoms with Gasteiger partial charge in [-0.25, -0.2) is 4.79 Å². The number of nitrogens with zero attached hydrogens (tertiary/aromatic N) is 3.